The van der Waals surface area contributed by atoms with Crippen molar-refractivity contribution in [3.63, 3.8) is 0 Å². The summed E-state index contributed by atoms with van der Waals surface area (Å²) in [6, 6.07) is 0. The molecule has 2 saturated heterocycles. The molecule has 3 aliphatic rings. The van der Waals surface area contributed by atoms with Crippen molar-refractivity contribution >= 4 is 11.9 Å². The van der Waals surface area contributed by atoms with E-state index in [-0.39, 0.29) is 18.0 Å². The Morgan fingerprint density at radius 1 is 1.60 bits per heavy atom. The summed E-state index contributed by atoms with van der Waals surface area (Å²) in [5.74, 6) is -0.770. The van der Waals surface area contributed by atoms with Gasteiger partial charge < -0.3 is 14.4 Å². The van der Waals surface area contributed by atoms with E-state index in [9.17, 15) is 9.59 Å². The van der Waals surface area contributed by atoms with E-state index >= 15 is 0 Å². The number of fused-ring (bicyclic) bond motifs is 1. The van der Waals surface area contributed by atoms with Gasteiger partial charge in [-0.1, -0.05) is 26.0 Å². The topological polar surface area (TPSA) is 55.8 Å². The second kappa shape index (κ2) is 4.58. The van der Waals surface area contributed by atoms with E-state index in [0.717, 1.165) is 0 Å². The highest BCUT2D eigenvalue weighted by Crippen LogP contribution is 2.52. The van der Waals surface area contributed by atoms with Crippen LogP contribution in [0.5, 0.6) is 0 Å². The molecule has 2 bridgehead atoms. The quantitative estimate of drug-likeness (QED) is 0.569. The lowest BCUT2D eigenvalue weighted by molar-refractivity contribution is -0.153. The highest BCUT2D eigenvalue weighted by Gasteiger charge is 2.67. The van der Waals surface area contributed by atoms with Gasteiger partial charge in [-0.05, 0) is 12.8 Å². The molecular weight excluding hydrogens is 258 g/mol. The number of carbonyl (C=O) groups excluding carboxylic acids is 2. The minimum absolute atomic E-state index is 0.0311. The first-order valence-electron chi connectivity index (χ1n) is 7.31. The second-order valence-corrected chi connectivity index (χ2v) is 6.26. The number of likely N-dealkylation sites (tertiary alicyclic amines) is 1. The Kier molecular flexibility index (Phi) is 3.12. The molecule has 0 saturated carbocycles. The normalized spacial score (nSPS) is 37.9. The van der Waals surface area contributed by atoms with E-state index < -0.39 is 17.4 Å². The van der Waals surface area contributed by atoms with Gasteiger partial charge in [0, 0.05) is 6.54 Å². The molecule has 0 N–H and O–H groups in total. The van der Waals surface area contributed by atoms with Crippen molar-refractivity contribution in [3.05, 3.63) is 12.2 Å². The predicted molar refractivity (Wildman–Crippen MR) is 71.8 cm³/mol. The highest BCUT2D eigenvalue weighted by molar-refractivity contribution is 5.91. The molecule has 5 nitrogen and oxygen atoms in total. The lowest BCUT2D eigenvalue weighted by Gasteiger charge is -2.22. The number of carbonyl (C=O) groups is 2. The van der Waals surface area contributed by atoms with Gasteiger partial charge in [0.25, 0.3) is 0 Å². The van der Waals surface area contributed by atoms with Gasteiger partial charge in [-0.3, -0.25) is 9.59 Å². The molecule has 0 aliphatic carbocycles. The number of amides is 1. The Balaban J connectivity index is 1.87. The fraction of sp³-hybridized carbons (Fsp3) is 0.733. The predicted octanol–water partition coefficient (Wildman–Crippen LogP) is 0.987. The zero-order chi connectivity index (χ0) is 14.5. The number of rotatable bonds is 4. The van der Waals surface area contributed by atoms with Gasteiger partial charge in [0.15, 0.2) is 0 Å². The average Bonchev–Trinajstić information content (AvgIpc) is 2.98. The Labute approximate surface area is 118 Å². The standard InChI is InChI=1S/C15H21NO4/c1-4-19-14(18)11-10-5-6-15(20-10)8-16(7-9(2)3)13(17)12(11)15/h5-6,9-12H,4,7-8H2,1-3H3/t10-,11?,12+,15-/m1/s1. The van der Waals surface area contributed by atoms with Crippen LogP contribution in [0.4, 0.5) is 0 Å². The third-order valence-electron chi connectivity index (χ3n) is 4.32. The molecule has 3 heterocycles. The maximum Gasteiger partial charge on any atom is 0.312 e. The summed E-state index contributed by atoms with van der Waals surface area (Å²) in [4.78, 5) is 26.6. The van der Waals surface area contributed by atoms with Crippen LogP contribution in [0.1, 0.15) is 20.8 Å². The Hall–Kier alpha value is -1.36. The molecule has 3 aliphatic heterocycles. The van der Waals surface area contributed by atoms with Gasteiger partial charge in [-0.15, -0.1) is 0 Å². The van der Waals surface area contributed by atoms with Crippen LogP contribution in [0, 0.1) is 17.8 Å². The molecule has 5 heteroatoms. The Morgan fingerprint density at radius 3 is 3.00 bits per heavy atom. The number of nitrogens with zero attached hydrogens (tertiary/aromatic N) is 1. The highest BCUT2D eigenvalue weighted by atomic mass is 16.6. The van der Waals surface area contributed by atoms with Crippen molar-refractivity contribution < 1.29 is 19.1 Å². The molecule has 110 valence electrons. The number of esters is 1. The van der Waals surface area contributed by atoms with Crippen LogP contribution in [-0.2, 0) is 19.1 Å². The molecule has 3 rings (SSSR count). The zero-order valence-electron chi connectivity index (χ0n) is 12.2. The molecule has 0 radical (unpaired) electrons. The Morgan fingerprint density at radius 2 is 2.35 bits per heavy atom. The van der Waals surface area contributed by atoms with Crippen LogP contribution in [0.25, 0.3) is 0 Å². The van der Waals surface area contributed by atoms with Gasteiger partial charge >= 0.3 is 5.97 Å². The van der Waals surface area contributed by atoms with E-state index in [1.165, 1.54) is 0 Å². The van der Waals surface area contributed by atoms with Crippen LogP contribution in [-0.4, -0.2) is 48.2 Å². The third kappa shape index (κ3) is 1.79. The third-order valence-corrected chi connectivity index (χ3v) is 4.32. The van der Waals surface area contributed by atoms with Gasteiger partial charge in [-0.25, -0.2) is 0 Å². The summed E-state index contributed by atoms with van der Waals surface area (Å²) in [6.45, 7) is 7.52. The van der Waals surface area contributed by atoms with Crippen LogP contribution < -0.4 is 0 Å². The smallest absolute Gasteiger partial charge is 0.312 e. The molecule has 1 spiro atoms. The SMILES string of the molecule is CCOC(=O)C1[C@H]2C(=O)N(CC(C)C)C[C@]23C=C[C@H]1O3. The summed E-state index contributed by atoms with van der Waals surface area (Å²) < 4.78 is 11.1. The van der Waals surface area contributed by atoms with E-state index in [1.54, 1.807) is 6.92 Å². The fourth-order valence-electron chi connectivity index (χ4n) is 3.68. The maximum atomic E-state index is 12.6. The zero-order valence-corrected chi connectivity index (χ0v) is 12.2. The van der Waals surface area contributed by atoms with E-state index in [1.807, 2.05) is 17.1 Å². The average molecular weight is 279 g/mol. The Bertz CT molecular complexity index is 472. The molecule has 0 aromatic carbocycles. The molecule has 4 atom stereocenters. The minimum atomic E-state index is -0.603. The fourth-order valence-corrected chi connectivity index (χ4v) is 3.68. The van der Waals surface area contributed by atoms with E-state index in [4.69, 9.17) is 9.47 Å². The summed E-state index contributed by atoms with van der Waals surface area (Å²) in [5.41, 5.74) is -0.603. The van der Waals surface area contributed by atoms with Gasteiger partial charge in [-0.2, -0.15) is 0 Å². The van der Waals surface area contributed by atoms with Gasteiger partial charge in [0.05, 0.1) is 25.2 Å². The molecule has 0 aromatic rings. The minimum Gasteiger partial charge on any atom is -0.466 e. The largest absolute Gasteiger partial charge is 0.466 e. The number of ether oxygens (including phenoxy) is 2. The van der Waals surface area contributed by atoms with Gasteiger partial charge in [0.1, 0.15) is 11.5 Å². The van der Waals surface area contributed by atoms with Crippen molar-refractivity contribution in [2.24, 2.45) is 17.8 Å². The van der Waals surface area contributed by atoms with Crippen LogP contribution in [0.2, 0.25) is 0 Å². The van der Waals surface area contributed by atoms with Crippen molar-refractivity contribution in [2.75, 3.05) is 19.7 Å². The first-order chi connectivity index (χ1) is 9.48. The summed E-state index contributed by atoms with van der Waals surface area (Å²) in [6.07, 6.45) is 3.57. The van der Waals surface area contributed by atoms with Crippen molar-refractivity contribution in [1.29, 1.82) is 0 Å². The van der Waals surface area contributed by atoms with E-state index in [0.29, 0.717) is 25.6 Å². The van der Waals surface area contributed by atoms with E-state index in [2.05, 4.69) is 13.8 Å². The first kappa shape index (κ1) is 13.6. The molecule has 1 unspecified atom stereocenters. The second-order valence-electron chi connectivity index (χ2n) is 6.26. The molecule has 0 aromatic heterocycles. The van der Waals surface area contributed by atoms with Crippen LogP contribution >= 0.6 is 0 Å². The summed E-state index contributed by atoms with van der Waals surface area (Å²) in [5, 5.41) is 0. The summed E-state index contributed by atoms with van der Waals surface area (Å²) in [7, 11) is 0. The number of hydrogen-bond donors (Lipinski definition) is 0. The summed E-state index contributed by atoms with van der Waals surface area (Å²) >= 11 is 0. The van der Waals surface area contributed by atoms with Crippen LogP contribution in [0.3, 0.4) is 0 Å². The maximum absolute atomic E-state index is 12.6. The van der Waals surface area contributed by atoms with Crippen molar-refractivity contribution in [2.45, 2.75) is 32.5 Å². The lowest BCUT2D eigenvalue weighted by atomic mass is 9.77. The van der Waals surface area contributed by atoms with Crippen molar-refractivity contribution in [1.82, 2.24) is 4.90 Å². The molecular formula is C15H21NO4. The van der Waals surface area contributed by atoms with Crippen LogP contribution in [0.15, 0.2) is 12.2 Å². The molecule has 1 amide bonds. The van der Waals surface area contributed by atoms with Gasteiger partial charge in [0.2, 0.25) is 5.91 Å². The number of hydrogen-bond acceptors (Lipinski definition) is 4. The molecule has 2 fully saturated rings. The first-order valence-corrected chi connectivity index (χ1v) is 7.31. The molecule has 20 heavy (non-hydrogen) atoms. The monoisotopic (exact) mass is 279 g/mol. The lowest BCUT2D eigenvalue weighted by Crippen LogP contribution is -2.40. The van der Waals surface area contributed by atoms with Crippen molar-refractivity contribution in [3.8, 4) is 0 Å².